The number of hydrogen-bond donors (Lipinski definition) is 2. The number of carbonyl (C=O) groups is 2. The van der Waals surface area contributed by atoms with Crippen LogP contribution in [-0.4, -0.2) is 120 Å². The molecule has 11 nitrogen and oxygen atoms in total. The molecule has 2 amide bonds. The average Bonchev–Trinajstić information content (AvgIpc) is 3.71. The smallest absolute Gasteiger partial charge is 0.407 e. The Hall–Kier alpha value is -4.30. The van der Waals surface area contributed by atoms with Gasteiger partial charge in [0.05, 0.1) is 16.9 Å². The monoisotopic (exact) mass is 854 g/mol. The van der Waals surface area contributed by atoms with Gasteiger partial charge in [0.1, 0.15) is 5.82 Å². The third-order valence-electron chi connectivity index (χ3n) is 14.3. The molecule has 4 saturated heterocycles. The van der Waals surface area contributed by atoms with Crippen LogP contribution in [-0.2, 0) is 24.8 Å². The Morgan fingerprint density at radius 1 is 0.803 bits per heavy atom. The Labute approximate surface area is 361 Å². The molecule has 3 aromatic rings. The SMILES string of the molecule is COC(=O)N[C@H]1CCC[C@@H]1[C@](CN1CCC1)(c1cccc(F)c1)C1CCN(CC2CN(c3ccc(S(=O)(=O)c4cccc(NC(=O)/C=C/CN5CCCCC5)c4)cc3)C2)CC1. The third kappa shape index (κ3) is 10.0. The maximum Gasteiger partial charge on any atom is 0.407 e. The van der Waals surface area contributed by atoms with Crippen molar-refractivity contribution in [3.63, 3.8) is 0 Å². The lowest BCUT2D eigenvalue weighted by atomic mass is 9.57. The van der Waals surface area contributed by atoms with E-state index < -0.39 is 15.9 Å². The van der Waals surface area contributed by atoms with Crippen LogP contribution in [0.15, 0.2) is 94.7 Å². The molecule has 4 heterocycles. The number of rotatable bonds is 15. The van der Waals surface area contributed by atoms with E-state index in [9.17, 15) is 18.0 Å². The molecule has 2 N–H and O–H groups in total. The minimum atomic E-state index is -3.79. The van der Waals surface area contributed by atoms with Gasteiger partial charge < -0.3 is 30.1 Å². The molecule has 0 aromatic heterocycles. The van der Waals surface area contributed by atoms with Crippen molar-refractivity contribution in [1.82, 2.24) is 20.0 Å². The largest absolute Gasteiger partial charge is 0.453 e. The Morgan fingerprint density at radius 3 is 2.25 bits per heavy atom. The second-order valence-electron chi connectivity index (χ2n) is 18.1. The molecule has 61 heavy (non-hydrogen) atoms. The van der Waals surface area contributed by atoms with E-state index in [1.54, 1.807) is 36.4 Å². The van der Waals surface area contributed by atoms with Gasteiger partial charge >= 0.3 is 6.09 Å². The van der Waals surface area contributed by atoms with Crippen molar-refractivity contribution in [2.24, 2.45) is 17.8 Å². The number of alkyl carbamates (subject to hydrolysis) is 1. The first-order chi connectivity index (χ1) is 29.6. The molecule has 328 valence electrons. The standard InChI is InChI=1S/C48H63FN6O5S/c1-60-47(57)51-45-15-7-14-44(45)48(35-54-26-9-27-54,38-10-5-11-39(49)30-38)37-21-28-53(29-22-37)32-36-33-55(34-36)41-17-19-42(20-18-41)61(58,59)43-13-6-12-40(31-43)50-46(56)16-8-25-52-23-3-2-4-24-52/h5-6,8,10-13,16-20,30-31,36-37,44-45H,2-4,7,9,14-15,21-29,32-35H2,1H3,(H,50,56)(H,51,57)/b16-8+/t44-,45-,48-/m0/s1. The van der Waals surface area contributed by atoms with Crippen molar-refractivity contribution in [2.75, 3.05) is 89.3 Å². The van der Waals surface area contributed by atoms with Crippen molar-refractivity contribution in [3.05, 3.63) is 96.3 Å². The van der Waals surface area contributed by atoms with Crippen LogP contribution in [0, 0.1) is 23.6 Å². The number of methoxy groups -OCH3 is 1. The summed E-state index contributed by atoms with van der Waals surface area (Å²) in [5.74, 6) is 0.559. The number of nitrogens with zero attached hydrogens (tertiary/aromatic N) is 4. The average molecular weight is 855 g/mol. The van der Waals surface area contributed by atoms with Crippen molar-refractivity contribution < 1.29 is 27.1 Å². The van der Waals surface area contributed by atoms with Gasteiger partial charge in [0.25, 0.3) is 0 Å². The molecular weight excluding hydrogens is 792 g/mol. The van der Waals surface area contributed by atoms with Crippen LogP contribution in [0.2, 0.25) is 0 Å². The lowest BCUT2D eigenvalue weighted by Gasteiger charge is -2.54. The van der Waals surface area contributed by atoms with Gasteiger partial charge in [-0.15, -0.1) is 0 Å². The number of piperidine rings is 2. The zero-order valence-electron chi connectivity index (χ0n) is 35.7. The fourth-order valence-corrected chi connectivity index (χ4v) is 12.3. The van der Waals surface area contributed by atoms with Gasteiger partial charge in [-0.25, -0.2) is 17.6 Å². The number of halogens is 1. The van der Waals surface area contributed by atoms with E-state index >= 15 is 4.39 Å². The Balaban J connectivity index is 0.861. The summed E-state index contributed by atoms with van der Waals surface area (Å²) in [5, 5.41) is 6.00. The fraction of sp³-hybridized carbons (Fsp3) is 0.542. The summed E-state index contributed by atoms with van der Waals surface area (Å²) >= 11 is 0. The second kappa shape index (κ2) is 19.4. The molecule has 8 rings (SSSR count). The topological polar surface area (TPSA) is 115 Å². The van der Waals surface area contributed by atoms with Crippen molar-refractivity contribution in [2.45, 2.75) is 79.0 Å². The van der Waals surface area contributed by atoms with Crippen LogP contribution in [0.3, 0.4) is 0 Å². The number of likely N-dealkylation sites (tertiary alicyclic amines) is 3. The van der Waals surface area contributed by atoms with Gasteiger partial charge in [-0.1, -0.05) is 37.1 Å². The Bertz CT molecular complexity index is 2110. The zero-order valence-corrected chi connectivity index (χ0v) is 36.5. The van der Waals surface area contributed by atoms with E-state index in [2.05, 4.69) is 36.3 Å². The number of ether oxygens (including phenoxy) is 1. The molecule has 0 radical (unpaired) electrons. The van der Waals surface area contributed by atoms with Gasteiger partial charge in [-0.2, -0.15) is 0 Å². The molecule has 5 fully saturated rings. The first-order valence-corrected chi connectivity index (χ1v) is 24.0. The van der Waals surface area contributed by atoms with Gasteiger partial charge in [-0.3, -0.25) is 9.69 Å². The number of hydrogen-bond acceptors (Lipinski definition) is 9. The maximum absolute atomic E-state index is 15.1. The molecule has 1 saturated carbocycles. The van der Waals surface area contributed by atoms with E-state index in [1.807, 2.05) is 24.3 Å². The maximum atomic E-state index is 15.1. The molecule has 4 aliphatic heterocycles. The Kier molecular flexibility index (Phi) is 13.8. The van der Waals surface area contributed by atoms with Crippen molar-refractivity contribution in [1.29, 1.82) is 0 Å². The third-order valence-corrected chi connectivity index (χ3v) is 16.0. The Morgan fingerprint density at radius 2 is 1.54 bits per heavy atom. The summed E-state index contributed by atoms with van der Waals surface area (Å²) < 4.78 is 47.4. The number of nitrogens with one attached hydrogen (secondary N) is 2. The van der Waals surface area contributed by atoms with Gasteiger partial charge in [0, 0.05) is 67.5 Å². The molecule has 3 aromatic carbocycles. The van der Waals surface area contributed by atoms with E-state index in [0.717, 1.165) is 115 Å². The van der Waals surface area contributed by atoms with Crippen molar-refractivity contribution >= 4 is 33.2 Å². The predicted octanol–water partition coefficient (Wildman–Crippen LogP) is 6.96. The fourth-order valence-electron chi connectivity index (χ4n) is 11.0. The van der Waals surface area contributed by atoms with Crippen LogP contribution < -0.4 is 15.5 Å². The molecule has 13 heteroatoms. The van der Waals surface area contributed by atoms with Crippen LogP contribution in [0.25, 0.3) is 0 Å². The molecule has 0 spiro atoms. The molecule has 0 unspecified atom stereocenters. The highest BCUT2D eigenvalue weighted by Crippen LogP contribution is 2.51. The summed E-state index contributed by atoms with van der Waals surface area (Å²) in [6, 6.07) is 20.9. The van der Waals surface area contributed by atoms with Crippen LogP contribution in [0.4, 0.5) is 20.6 Å². The molecule has 5 aliphatic rings. The zero-order chi connectivity index (χ0) is 42.4. The van der Waals surface area contributed by atoms with Gasteiger partial charge in [-0.05, 0) is 156 Å². The highest BCUT2D eigenvalue weighted by molar-refractivity contribution is 7.91. The number of benzene rings is 3. The molecule has 3 atom stereocenters. The van der Waals surface area contributed by atoms with Gasteiger partial charge in [0.2, 0.25) is 15.7 Å². The summed E-state index contributed by atoms with van der Waals surface area (Å²) in [6.07, 6.45) is 12.8. The summed E-state index contributed by atoms with van der Waals surface area (Å²) in [4.78, 5) is 35.2. The molecule has 1 aliphatic carbocycles. The number of carbonyl (C=O) groups excluding carboxylic acids is 2. The highest BCUT2D eigenvalue weighted by atomic mass is 32.2. The quantitative estimate of drug-likeness (QED) is 0.157. The summed E-state index contributed by atoms with van der Waals surface area (Å²) in [6.45, 7) is 10.6. The summed E-state index contributed by atoms with van der Waals surface area (Å²) in [5.41, 5.74) is 2.23. The normalized spacial score (nSPS) is 23.3. The predicted molar refractivity (Wildman–Crippen MR) is 237 cm³/mol. The number of sulfone groups is 1. The van der Waals surface area contributed by atoms with Gasteiger partial charge in [0.15, 0.2) is 0 Å². The van der Waals surface area contributed by atoms with E-state index in [4.69, 9.17) is 4.74 Å². The van der Waals surface area contributed by atoms with Crippen LogP contribution >= 0.6 is 0 Å². The lowest BCUT2D eigenvalue weighted by molar-refractivity contribution is -0.111. The second-order valence-corrected chi connectivity index (χ2v) is 20.0. The number of anilines is 2. The van der Waals surface area contributed by atoms with Crippen LogP contribution in [0.5, 0.6) is 0 Å². The van der Waals surface area contributed by atoms with Crippen LogP contribution in [0.1, 0.15) is 63.4 Å². The van der Waals surface area contributed by atoms with Crippen molar-refractivity contribution in [3.8, 4) is 0 Å². The number of amides is 2. The van der Waals surface area contributed by atoms with E-state index in [0.29, 0.717) is 17.5 Å². The molecular formula is C48H63FN6O5S. The van der Waals surface area contributed by atoms with E-state index in [1.165, 1.54) is 51.0 Å². The van der Waals surface area contributed by atoms with E-state index in [-0.39, 0.29) is 38.9 Å². The lowest BCUT2D eigenvalue weighted by Crippen LogP contribution is -2.60. The first-order valence-electron chi connectivity index (χ1n) is 22.6. The first kappa shape index (κ1) is 43.4. The minimum Gasteiger partial charge on any atom is -0.453 e. The summed E-state index contributed by atoms with van der Waals surface area (Å²) in [7, 11) is -2.37. The minimum absolute atomic E-state index is 0.0164. The molecule has 0 bridgehead atoms. The highest BCUT2D eigenvalue weighted by Gasteiger charge is 2.53.